The van der Waals surface area contributed by atoms with Crippen LogP contribution >= 0.6 is 0 Å². The Morgan fingerprint density at radius 1 is 0.870 bits per heavy atom. The molecule has 0 aliphatic heterocycles. The number of sulfonamides is 1. The molecule has 1 atom stereocenters. The Kier molecular flexibility index (Phi) is 5.47. The number of hydrogen-bond acceptors (Lipinski definition) is 2. The molecule has 0 unspecified atom stereocenters. The second-order valence-electron chi connectivity index (χ2n) is 6.26. The van der Waals surface area contributed by atoms with Crippen LogP contribution in [0, 0.1) is 0 Å². The molecule has 0 amide bonds. The van der Waals surface area contributed by atoms with E-state index in [9.17, 15) is 8.42 Å². The molecule has 0 aliphatic carbocycles. The van der Waals surface area contributed by atoms with E-state index >= 15 is 0 Å². The van der Waals surface area contributed by atoms with Crippen molar-refractivity contribution in [2.24, 2.45) is 0 Å². The van der Waals surface area contributed by atoms with E-state index in [1.807, 2.05) is 36.4 Å². The fourth-order valence-electron chi connectivity index (χ4n) is 2.36. The molecule has 3 nitrogen and oxygen atoms in total. The molecule has 2 rings (SSSR count). The minimum absolute atomic E-state index is 0.285. The van der Waals surface area contributed by atoms with Crippen LogP contribution in [0.1, 0.15) is 57.1 Å². The second kappa shape index (κ2) is 7.18. The predicted octanol–water partition coefficient (Wildman–Crippen LogP) is 5.12. The lowest BCUT2D eigenvalue weighted by Gasteiger charge is -2.12. The Balaban J connectivity index is 2.17. The minimum Gasteiger partial charge on any atom is -0.280 e. The molecule has 0 saturated heterocycles. The van der Waals surface area contributed by atoms with Crippen LogP contribution in [0.4, 0.5) is 5.69 Å². The number of hydrogen-bond donors (Lipinski definition) is 1. The number of nitrogens with one attached hydrogen (secondary N) is 1. The van der Waals surface area contributed by atoms with Crippen LogP contribution in [0.25, 0.3) is 0 Å². The molecule has 1 N–H and O–H groups in total. The Hall–Kier alpha value is -1.81. The third-order valence-electron chi connectivity index (χ3n) is 4.20. The monoisotopic (exact) mass is 331 g/mol. The van der Waals surface area contributed by atoms with Gasteiger partial charge in [0.2, 0.25) is 0 Å². The molecule has 0 radical (unpaired) electrons. The maximum Gasteiger partial charge on any atom is 0.261 e. The summed E-state index contributed by atoms with van der Waals surface area (Å²) in [7, 11) is -3.54. The summed E-state index contributed by atoms with van der Waals surface area (Å²) in [5.74, 6) is 0.858. The number of benzene rings is 2. The van der Waals surface area contributed by atoms with Crippen LogP contribution < -0.4 is 4.72 Å². The van der Waals surface area contributed by atoms with Crippen molar-refractivity contribution in [1.82, 2.24) is 0 Å². The maximum atomic E-state index is 12.4. The molecule has 124 valence electrons. The van der Waals surface area contributed by atoms with Gasteiger partial charge in [0.15, 0.2) is 0 Å². The van der Waals surface area contributed by atoms with Gasteiger partial charge in [0, 0.05) is 5.69 Å². The van der Waals surface area contributed by atoms with E-state index in [2.05, 4.69) is 32.4 Å². The lowest BCUT2D eigenvalue weighted by Crippen LogP contribution is -2.13. The quantitative estimate of drug-likeness (QED) is 0.798. The Morgan fingerprint density at radius 3 is 1.87 bits per heavy atom. The van der Waals surface area contributed by atoms with Gasteiger partial charge in [0.05, 0.1) is 4.90 Å². The topological polar surface area (TPSA) is 46.2 Å². The van der Waals surface area contributed by atoms with Crippen molar-refractivity contribution in [2.75, 3.05) is 4.72 Å². The van der Waals surface area contributed by atoms with Gasteiger partial charge in [-0.25, -0.2) is 8.42 Å². The highest BCUT2D eigenvalue weighted by Crippen LogP contribution is 2.23. The van der Waals surface area contributed by atoms with Gasteiger partial charge in [-0.3, -0.25) is 4.72 Å². The van der Waals surface area contributed by atoms with Crippen molar-refractivity contribution in [2.45, 2.75) is 50.8 Å². The van der Waals surface area contributed by atoms with Gasteiger partial charge in [-0.05, 0) is 53.6 Å². The van der Waals surface area contributed by atoms with Crippen molar-refractivity contribution in [1.29, 1.82) is 0 Å². The summed E-state index contributed by atoms with van der Waals surface area (Å²) in [4.78, 5) is 0.285. The second-order valence-corrected chi connectivity index (χ2v) is 7.94. The van der Waals surface area contributed by atoms with E-state index in [1.54, 1.807) is 12.1 Å². The summed E-state index contributed by atoms with van der Waals surface area (Å²) in [5, 5.41) is 0. The summed E-state index contributed by atoms with van der Waals surface area (Å²) in [6.45, 7) is 8.47. The minimum atomic E-state index is -3.54. The largest absolute Gasteiger partial charge is 0.280 e. The van der Waals surface area contributed by atoms with E-state index < -0.39 is 10.0 Å². The molecule has 0 saturated carbocycles. The molecule has 0 heterocycles. The Labute approximate surface area is 139 Å². The van der Waals surface area contributed by atoms with Gasteiger partial charge in [-0.2, -0.15) is 0 Å². The van der Waals surface area contributed by atoms with Crippen LogP contribution in [0.2, 0.25) is 0 Å². The third-order valence-corrected chi connectivity index (χ3v) is 5.60. The zero-order chi connectivity index (χ0) is 17.0. The van der Waals surface area contributed by atoms with Crippen LogP contribution in [-0.4, -0.2) is 8.42 Å². The molecular formula is C19H25NO2S. The van der Waals surface area contributed by atoms with Gasteiger partial charge in [-0.15, -0.1) is 0 Å². The Morgan fingerprint density at radius 2 is 1.39 bits per heavy atom. The Bertz CT molecular complexity index is 732. The highest BCUT2D eigenvalue weighted by atomic mass is 32.2. The van der Waals surface area contributed by atoms with E-state index in [0.29, 0.717) is 17.5 Å². The lowest BCUT2D eigenvalue weighted by molar-refractivity contribution is 0.601. The van der Waals surface area contributed by atoms with Crippen LogP contribution in [-0.2, 0) is 10.0 Å². The molecule has 0 aromatic heterocycles. The summed E-state index contributed by atoms with van der Waals surface area (Å²) in [6.07, 6.45) is 1.06. The van der Waals surface area contributed by atoms with Gasteiger partial charge in [-0.1, -0.05) is 52.0 Å². The average molecular weight is 331 g/mol. The van der Waals surface area contributed by atoms with Gasteiger partial charge < -0.3 is 0 Å². The summed E-state index contributed by atoms with van der Waals surface area (Å²) >= 11 is 0. The van der Waals surface area contributed by atoms with Crippen molar-refractivity contribution in [3.05, 3.63) is 59.7 Å². The SMILES string of the molecule is CC[C@@H](C)c1ccc(NS(=O)(=O)c2ccc(C(C)C)cc2)cc1. The molecule has 0 bridgehead atoms. The first-order valence-corrected chi connectivity index (χ1v) is 9.54. The lowest BCUT2D eigenvalue weighted by atomic mass is 9.99. The van der Waals surface area contributed by atoms with Crippen molar-refractivity contribution in [3.8, 4) is 0 Å². The molecule has 0 aliphatic rings. The predicted molar refractivity (Wildman–Crippen MR) is 96.5 cm³/mol. The van der Waals surface area contributed by atoms with Crippen molar-refractivity contribution >= 4 is 15.7 Å². The van der Waals surface area contributed by atoms with Crippen LogP contribution in [0.15, 0.2) is 53.4 Å². The van der Waals surface area contributed by atoms with Crippen LogP contribution in [0.5, 0.6) is 0 Å². The summed E-state index contributed by atoms with van der Waals surface area (Å²) in [5.41, 5.74) is 2.93. The standard InChI is InChI=1S/C19H25NO2S/c1-5-15(4)17-6-10-18(11-7-17)20-23(21,22)19-12-8-16(9-13-19)14(2)3/h6-15,20H,5H2,1-4H3/t15-/m1/s1. The van der Waals surface area contributed by atoms with Gasteiger partial charge in [0.25, 0.3) is 10.0 Å². The van der Waals surface area contributed by atoms with E-state index in [0.717, 1.165) is 12.0 Å². The maximum absolute atomic E-state index is 12.4. The number of rotatable bonds is 6. The zero-order valence-corrected chi connectivity index (χ0v) is 15.0. The highest BCUT2D eigenvalue weighted by Gasteiger charge is 2.14. The first-order chi connectivity index (χ1) is 10.8. The zero-order valence-electron chi connectivity index (χ0n) is 14.2. The molecular weight excluding hydrogens is 306 g/mol. The van der Waals surface area contributed by atoms with Crippen LogP contribution in [0.3, 0.4) is 0 Å². The van der Waals surface area contributed by atoms with Gasteiger partial charge >= 0.3 is 0 Å². The fraction of sp³-hybridized carbons (Fsp3) is 0.368. The number of anilines is 1. The fourth-order valence-corrected chi connectivity index (χ4v) is 3.42. The molecule has 0 spiro atoms. The normalized spacial score (nSPS) is 13.1. The van der Waals surface area contributed by atoms with Gasteiger partial charge in [0.1, 0.15) is 0 Å². The molecule has 0 fully saturated rings. The summed E-state index contributed by atoms with van der Waals surface area (Å²) < 4.78 is 27.5. The average Bonchev–Trinajstić information content (AvgIpc) is 2.54. The molecule has 23 heavy (non-hydrogen) atoms. The molecule has 2 aromatic rings. The third kappa shape index (κ3) is 4.35. The first kappa shape index (κ1) is 17.5. The van der Waals surface area contributed by atoms with E-state index in [4.69, 9.17) is 0 Å². The molecule has 2 aromatic carbocycles. The summed E-state index contributed by atoms with van der Waals surface area (Å²) in [6, 6.07) is 14.7. The smallest absolute Gasteiger partial charge is 0.261 e. The van der Waals surface area contributed by atoms with E-state index in [-0.39, 0.29) is 4.90 Å². The van der Waals surface area contributed by atoms with Crippen molar-refractivity contribution < 1.29 is 8.42 Å². The molecule has 4 heteroatoms. The van der Waals surface area contributed by atoms with E-state index in [1.165, 1.54) is 5.56 Å². The highest BCUT2D eigenvalue weighted by molar-refractivity contribution is 7.92. The first-order valence-electron chi connectivity index (χ1n) is 8.06. The van der Waals surface area contributed by atoms with Crippen molar-refractivity contribution in [3.63, 3.8) is 0 Å².